The van der Waals surface area contributed by atoms with Gasteiger partial charge >= 0.3 is 6.03 Å². The van der Waals surface area contributed by atoms with Crippen LogP contribution in [0.4, 0.5) is 10.5 Å². The Hall–Kier alpha value is -1.88. The molecule has 0 bridgehead atoms. The van der Waals surface area contributed by atoms with Gasteiger partial charge in [0.15, 0.2) is 0 Å². The summed E-state index contributed by atoms with van der Waals surface area (Å²) in [5.74, 6) is 0.497. The lowest BCUT2D eigenvalue weighted by Gasteiger charge is -2.29. The zero-order valence-electron chi connectivity index (χ0n) is 14.2. The van der Waals surface area contributed by atoms with Gasteiger partial charge in [-0.25, -0.2) is 4.79 Å². The Balaban J connectivity index is 1.45. The van der Waals surface area contributed by atoms with E-state index in [0.717, 1.165) is 6.54 Å². The third kappa shape index (κ3) is 5.34. The topological polar surface area (TPSA) is 61.4 Å². The number of para-hydroxylation sites is 1. The standard InChI is InChI=1S/C19H27N3O2/c23-18(21-19(24)20-16-9-5-2-6-10-16)14-22(17-11-12-17)13-15-7-3-1-4-8-15/h2,5-6,9-10,15,17H,1,3-4,7-8,11-14H2,(H2,20,21,23,24). The molecule has 3 amide bonds. The molecule has 0 saturated heterocycles. The molecule has 0 aliphatic heterocycles. The molecule has 2 N–H and O–H groups in total. The second kappa shape index (κ2) is 8.29. The van der Waals surface area contributed by atoms with Gasteiger partial charge in [0.05, 0.1) is 6.54 Å². The lowest BCUT2D eigenvalue weighted by molar-refractivity contribution is -0.121. The molecule has 130 valence electrons. The number of rotatable bonds is 6. The molecule has 2 fully saturated rings. The molecule has 0 aromatic heterocycles. The highest BCUT2D eigenvalue weighted by Crippen LogP contribution is 2.31. The zero-order chi connectivity index (χ0) is 16.8. The number of benzene rings is 1. The van der Waals surface area contributed by atoms with E-state index in [1.807, 2.05) is 18.2 Å². The minimum Gasteiger partial charge on any atom is -0.308 e. The first-order chi connectivity index (χ1) is 11.7. The van der Waals surface area contributed by atoms with Crippen molar-refractivity contribution in [2.75, 3.05) is 18.4 Å². The van der Waals surface area contributed by atoms with Crippen LogP contribution in [-0.2, 0) is 4.79 Å². The molecule has 3 rings (SSSR count). The average molecular weight is 329 g/mol. The van der Waals surface area contributed by atoms with Gasteiger partial charge in [-0.15, -0.1) is 0 Å². The largest absolute Gasteiger partial charge is 0.325 e. The lowest BCUT2D eigenvalue weighted by Crippen LogP contribution is -2.44. The summed E-state index contributed by atoms with van der Waals surface area (Å²) in [5, 5.41) is 5.13. The Labute approximate surface area is 143 Å². The van der Waals surface area contributed by atoms with Gasteiger partial charge in [0.1, 0.15) is 0 Å². The van der Waals surface area contributed by atoms with Crippen LogP contribution in [0.25, 0.3) is 0 Å². The summed E-state index contributed by atoms with van der Waals surface area (Å²) < 4.78 is 0. The predicted molar refractivity (Wildman–Crippen MR) is 94.8 cm³/mol. The summed E-state index contributed by atoms with van der Waals surface area (Å²) >= 11 is 0. The SMILES string of the molecule is O=C(CN(CC1CCCCC1)C1CC1)NC(=O)Nc1ccccc1. The van der Waals surface area contributed by atoms with Crippen LogP contribution in [0.5, 0.6) is 0 Å². The van der Waals surface area contributed by atoms with Crippen molar-refractivity contribution in [3.05, 3.63) is 30.3 Å². The van der Waals surface area contributed by atoms with Crippen molar-refractivity contribution in [1.29, 1.82) is 0 Å². The first-order valence-electron chi connectivity index (χ1n) is 9.10. The van der Waals surface area contributed by atoms with Crippen LogP contribution >= 0.6 is 0 Å². The molecule has 1 aromatic rings. The van der Waals surface area contributed by atoms with Gasteiger partial charge in [-0.1, -0.05) is 37.5 Å². The number of hydrogen-bond acceptors (Lipinski definition) is 3. The van der Waals surface area contributed by atoms with Crippen LogP contribution in [0.15, 0.2) is 30.3 Å². The average Bonchev–Trinajstić information content (AvgIpc) is 3.41. The number of carbonyl (C=O) groups excluding carboxylic acids is 2. The van der Waals surface area contributed by atoms with Crippen LogP contribution in [0.1, 0.15) is 44.9 Å². The van der Waals surface area contributed by atoms with Gasteiger partial charge in [-0.3, -0.25) is 15.0 Å². The summed E-state index contributed by atoms with van der Waals surface area (Å²) in [6.07, 6.45) is 8.88. The van der Waals surface area contributed by atoms with Crippen LogP contribution in [0, 0.1) is 5.92 Å². The molecular weight excluding hydrogens is 302 g/mol. The molecule has 24 heavy (non-hydrogen) atoms. The van der Waals surface area contributed by atoms with Crippen LogP contribution in [0.3, 0.4) is 0 Å². The van der Waals surface area contributed by atoms with E-state index in [9.17, 15) is 9.59 Å². The molecule has 0 unspecified atom stereocenters. The molecule has 5 heteroatoms. The van der Waals surface area contributed by atoms with E-state index in [1.54, 1.807) is 12.1 Å². The van der Waals surface area contributed by atoms with E-state index in [1.165, 1.54) is 44.9 Å². The minimum atomic E-state index is -0.459. The van der Waals surface area contributed by atoms with E-state index in [-0.39, 0.29) is 5.91 Å². The van der Waals surface area contributed by atoms with Crippen molar-refractivity contribution in [1.82, 2.24) is 10.2 Å². The van der Waals surface area contributed by atoms with Gasteiger partial charge in [0, 0.05) is 18.3 Å². The van der Waals surface area contributed by atoms with E-state index in [2.05, 4.69) is 15.5 Å². The number of anilines is 1. The fourth-order valence-electron chi connectivity index (χ4n) is 3.52. The second-order valence-corrected chi connectivity index (χ2v) is 7.03. The van der Waals surface area contributed by atoms with Crippen molar-refractivity contribution in [3.63, 3.8) is 0 Å². The number of amides is 3. The van der Waals surface area contributed by atoms with Crippen molar-refractivity contribution in [3.8, 4) is 0 Å². The molecule has 0 radical (unpaired) electrons. The highest BCUT2D eigenvalue weighted by atomic mass is 16.2. The first kappa shape index (κ1) is 17.0. The fraction of sp³-hybridized carbons (Fsp3) is 0.579. The maximum absolute atomic E-state index is 12.2. The van der Waals surface area contributed by atoms with Gasteiger partial charge < -0.3 is 5.32 Å². The van der Waals surface area contributed by atoms with Crippen LogP contribution < -0.4 is 10.6 Å². The molecule has 2 aliphatic rings. The van der Waals surface area contributed by atoms with Crippen LogP contribution in [-0.4, -0.2) is 36.0 Å². The van der Waals surface area contributed by atoms with Gasteiger partial charge in [0.25, 0.3) is 0 Å². The minimum absolute atomic E-state index is 0.217. The quantitative estimate of drug-likeness (QED) is 0.841. The lowest BCUT2D eigenvalue weighted by atomic mass is 9.89. The molecule has 5 nitrogen and oxygen atoms in total. The monoisotopic (exact) mass is 329 g/mol. The van der Waals surface area contributed by atoms with Gasteiger partial charge in [0.2, 0.25) is 5.91 Å². The third-order valence-electron chi connectivity index (χ3n) is 4.91. The Morgan fingerprint density at radius 2 is 1.71 bits per heavy atom. The zero-order valence-corrected chi connectivity index (χ0v) is 14.2. The number of carbonyl (C=O) groups is 2. The Bertz CT molecular complexity index is 551. The van der Waals surface area contributed by atoms with Gasteiger partial charge in [-0.2, -0.15) is 0 Å². The van der Waals surface area contributed by atoms with Crippen molar-refractivity contribution < 1.29 is 9.59 Å². The maximum Gasteiger partial charge on any atom is 0.325 e. The molecule has 0 atom stereocenters. The predicted octanol–water partition coefficient (Wildman–Crippen LogP) is 3.38. The molecule has 1 aromatic carbocycles. The number of hydrogen-bond donors (Lipinski definition) is 2. The Morgan fingerprint density at radius 3 is 2.38 bits per heavy atom. The molecular formula is C19H27N3O2. The maximum atomic E-state index is 12.2. The fourth-order valence-corrected chi connectivity index (χ4v) is 3.52. The Kier molecular flexibility index (Phi) is 5.86. The second-order valence-electron chi connectivity index (χ2n) is 7.03. The summed E-state index contributed by atoms with van der Waals surface area (Å²) in [4.78, 5) is 26.4. The first-order valence-corrected chi connectivity index (χ1v) is 9.10. The molecule has 2 saturated carbocycles. The van der Waals surface area contributed by atoms with Crippen LogP contribution in [0.2, 0.25) is 0 Å². The number of nitrogens with one attached hydrogen (secondary N) is 2. The van der Waals surface area contributed by atoms with E-state index in [0.29, 0.717) is 24.2 Å². The third-order valence-corrected chi connectivity index (χ3v) is 4.91. The van der Waals surface area contributed by atoms with E-state index >= 15 is 0 Å². The van der Waals surface area contributed by atoms with Crippen molar-refractivity contribution >= 4 is 17.6 Å². The Morgan fingerprint density at radius 1 is 1.00 bits per heavy atom. The van der Waals surface area contributed by atoms with E-state index in [4.69, 9.17) is 0 Å². The highest BCUT2D eigenvalue weighted by Gasteiger charge is 2.32. The van der Waals surface area contributed by atoms with Gasteiger partial charge in [-0.05, 0) is 43.7 Å². The normalized spacial score (nSPS) is 18.4. The molecule has 2 aliphatic carbocycles. The number of nitrogens with zero attached hydrogens (tertiary/aromatic N) is 1. The summed E-state index contributed by atoms with van der Waals surface area (Å²) in [6, 6.07) is 9.24. The summed E-state index contributed by atoms with van der Waals surface area (Å²) in [6.45, 7) is 1.32. The highest BCUT2D eigenvalue weighted by molar-refractivity contribution is 6.01. The smallest absolute Gasteiger partial charge is 0.308 e. The summed E-state index contributed by atoms with van der Waals surface area (Å²) in [7, 11) is 0. The van der Waals surface area contributed by atoms with Crippen molar-refractivity contribution in [2.45, 2.75) is 51.0 Å². The number of imide groups is 1. The molecule has 0 heterocycles. The summed E-state index contributed by atoms with van der Waals surface area (Å²) in [5.41, 5.74) is 0.684. The van der Waals surface area contributed by atoms with E-state index < -0.39 is 6.03 Å². The molecule has 0 spiro atoms. The number of urea groups is 1. The van der Waals surface area contributed by atoms with Crippen molar-refractivity contribution in [2.24, 2.45) is 5.92 Å².